The number of nitriles is 1. The zero-order valence-electron chi connectivity index (χ0n) is 13.4. The molecule has 0 bridgehead atoms. The summed E-state index contributed by atoms with van der Waals surface area (Å²) in [5, 5.41) is 8.96. The maximum atomic E-state index is 12.1. The number of carbonyl (C=O) groups excluding carboxylic acids is 1. The Balaban J connectivity index is 1.92. The summed E-state index contributed by atoms with van der Waals surface area (Å²) in [6.45, 7) is 9.99. The molecule has 2 aliphatic rings. The third kappa shape index (κ3) is 3.98. The molecule has 1 aliphatic carbocycles. The van der Waals surface area contributed by atoms with Crippen LogP contribution in [0, 0.1) is 11.3 Å². The van der Waals surface area contributed by atoms with Crippen LogP contribution in [0.1, 0.15) is 40.5 Å². The van der Waals surface area contributed by atoms with Crippen molar-refractivity contribution in [1.29, 1.82) is 5.26 Å². The SMILES string of the molecule is C[C@@H]1CN(C(=O)OC(C)(C)C)CCN1C1C=C(C#N)CC1. The van der Waals surface area contributed by atoms with E-state index in [-0.39, 0.29) is 12.1 Å². The van der Waals surface area contributed by atoms with Crippen LogP contribution in [0.25, 0.3) is 0 Å². The van der Waals surface area contributed by atoms with Crippen LogP contribution in [0.5, 0.6) is 0 Å². The van der Waals surface area contributed by atoms with Gasteiger partial charge in [0.2, 0.25) is 0 Å². The van der Waals surface area contributed by atoms with E-state index in [9.17, 15) is 4.79 Å². The van der Waals surface area contributed by atoms with Crippen molar-refractivity contribution in [1.82, 2.24) is 9.80 Å². The van der Waals surface area contributed by atoms with Crippen molar-refractivity contribution in [2.24, 2.45) is 0 Å². The minimum Gasteiger partial charge on any atom is -0.444 e. The molecular weight excluding hydrogens is 266 g/mol. The molecule has 5 heteroatoms. The minimum atomic E-state index is -0.451. The Morgan fingerprint density at radius 1 is 1.43 bits per heavy atom. The molecule has 5 nitrogen and oxygen atoms in total. The number of ether oxygens (including phenoxy) is 1. The Morgan fingerprint density at radius 2 is 2.14 bits per heavy atom. The molecule has 2 rings (SSSR count). The summed E-state index contributed by atoms with van der Waals surface area (Å²) in [7, 11) is 0. The molecule has 116 valence electrons. The van der Waals surface area contributed by atoms with Gasteiger partial charge < -0.3 is 9.64 Å². The zero-order chi connectivity index (χ0) is 15.6. The van der Waals surface area contributed by atoms with E-state index in [0.29, 0.717) is 19.1 Å². The fraction of sp³-hybridized carbons (Fsp3) is 0.750. The lowest BCUT2D eigenvalue weighted by molar-refractivity contribution is 0.00164. The molecule has 0 saturated carbocycles. The summed E-state index contributed by atoms with van der Waals surface area (Å²) in [6.07, 6.45) is 3.74. The summed E-state index contributed by atoms with van der Waals surface area (Å²) < 4.78 is 5.43. The number of carbonyl (C=O) groups is 1. The molecule has 0 aromatic carbocycles. The van der Waals surface area contributed by atoms with E-state index in [0.717, 1.165) is 25.0 Å². The largest absolute Gasteiger partial charge is 0.444 e. The third-order valence-corrected chi connectivity index (χ3v) is 4.00. The lowest BCUT2D eigenvalue weighted by Gasteiger charge is -2.42. The van der Waals surface area contributed by atoms with E-state index in [1.807, 2.05) is 20.8 Å². The molecular formula is C16H25N3O2. The van der Waals surface area contributed by atoms with Gasteiger partial charge >= 0.3 is 6.09 Å². The molecule has 1 unspecified atom stereocenters. The molecule has 0 aromatic heterocycles. The van der Waals surface area contributed by atoms with Gasteiger partial charge in [0, 0.05) is 37.3 Å². The Morgan fingerprint density at radius 3 is 2.67 bits per heavy atom. The summed E-state index contributed by atoms with van der Waals surface area (Å²) in [5.74, 6) is 0. The predicted octanol–water partition coefficient (Wildman–Crippen LogP) is 2.54. The standard InChI is InChI=1S/C16H25N3O2/c1-12-11-18(15(20)21-16(2,3)4)7-8-19(12)14-6-5-13(9-14)10-17/h9,12,14H,5-8,11H2,1-4H3/t12-,14?/m1/s1. The van der Waals surface area contributed by atoms with Crippen LogP contribution in [-0.2, 0) is 4.74 Å². The van der Waals surface area contributed by atoms with E-state index in [1.165, 1.54) is 0 Å². The summed E-state index contributed by atoms with van der Waals surface area (Å²) in [6, 6.07) is 2.88. The van der Waals surface area contributed by atoms with Crippen LogP contribution in [0.3, 0.4) is 0 Å². The Bertz CT molecular complexity index is 473. The molecule has 1 heterocycles. The summed E-state index contributed by atoms with van der Waals surface area (Å²) in [5.41, 5.74) is 0.439. The first-order valence-electron chi connectivity index (χ1n) is 7.64. The van der Waals surface area contributed by atoms with Gasteiger partial charge in [-0.25, -0.2) is 4.79 Å². The van der Waals surface area contributed by atoms with Crippen LogP contribution in [-0.4, -0.2) is 53.2 Å². The van der Waals surface area contributed by atoms with E-state index in [1.54, 1.807) is 4.90 Å². The summed E-state index contributed by atoms with van der Waals surface area (Å²) in [4.78, 5) is 16.3. The van der Waals surface area contributed by atoms with Gasteiger partial charge in [0.15, 0.2) is 0 Å². The highest BCUT2D eigenvalue weighted by molar-refractivity contribution is 5.68. The van der Waals surface area contributed by atoms with E-state index in [4.69, 9.17) is 10.00 Å². The zero-order valence-corrected chi connectivity index (χ0v) is 13.4. The molecule has 21 heavy (non-hydrogen) atoms. The highest BCUT2D eigenvalue weighted by Crippen LogP contribution is 2.26. The maximum Gasteiger partial charge on any atom is 0.410 e. The first kappa shape index (κ1) is 15.8. The van der Waals surface area contributed by atoms with Gasteiger partial charge in [0.25, 0.3) is 0 Å². The fourth-order valence-electron chi connectivity index (χ4n) is 3.01. The van der Waals surface area contributed by atoms with E-state index < -0.39 is 5.60 Å². The normalized spacial score (nSPS) is 27.2. The van der Waals surface area contributed by atoms with Gasteiger partial charge in [-0.15, -0.1) is 0 Å². The highest BCUT2D eigenvalue weighted by Gasteiger charge is 2.33. The number of hydrogen-bond acceptors (Lipinski definition) is 4. The van der Waals surface area contributed by atoms with Crippen molar-refractivity contribution < 1.29 is 9.53 Å². The van der Waals surface area contributed by atoms with Gasteiger partial charge in [0.05, 0.1) is 6.07 Å². The molecule has 2 atom stereocenters. The molecule has 0 N–H and O–H groups in total. The van der Waals surface area contributed by atoms with Gasteiger partial charge in [0.1, 0.15) is 5.60 Å². The minimum absolute atomic E-state index is 0.228. The second-order valence-electron chi connectivity index (χ2n) is 6.92. The van der Waals surface area contributed by atoms with Crippen LogP contribution in [0.2, 0.25) is 0 Å². The molecule has 0 radical (unpaired) electrons. The van der Waals surface area contributed by atoms with E-state index in [2.05, 4.69) is 24.0 Å². The highest BCUT2D eigenvalue weighted by atomic mass is 16.6. The van der Waals surface area contributed by atoms with Crippen molar-refractivity contribution in [2.45, 2.75) is 58.2 Å². The van der Waals surface area contributed by atoms with E-state index >= 15 is 0 Å². The number of amides is 1. The third-order valence-electron chi connectivity index (χ3n) is 4.00. The van der Waals surface area contributed by atoms with Crippen molar-refractivity contribution >= 4 is 6.09 Å². The number of rotatable bonds is 1. The Kier molecular flexibility index (Phi) is 4.58. The van der Waals surface area contributed by atoms with Crippen molar-refractivity contribution in [2.75, 3.05) is 19.6 Å². The van der Waals surface area contributed by atoms with Crippen LogP contribution < -0.4 is 0 Å². The van der Waals surface area contributed by atoms with Gasteiger partial charge in [-0.1, -0.05) is 6.08 Å². The first-order chi connectivity index (χ1) is 9.80. The van der Waals surface area contributed by atoms with Crippen molar-refractivity contribution in [3.05, 3.63) is 11.6 Å². The molecule has 0 aromatic rings. The van der Waals surface area contributed by atoms with Crippen molar-refractivity contribution in [3.8, 4) is 6.07 Å². The van der Waals surface area contributed by atoms with Crippen LogP contribution >= 0.6 is 0 Å². The van der Waals surface area contributed by atoms with Gasteiger partial charge in [-0.2, -0.15) is 5.26 Å². The first-order valence-corrected chi connectivity index (χ1v) is 7.64. The molecule has 1 amide bonds. The van der Waals surface area contributed by atoms with Crippen LogP contribution in [0.4, 0.5) is 4.79 Å². The van der Waals surface area contributed by atoms with Gasteiger partial charge in [-0.05, 0) is 40.5 Å². The second kappa shape index (κ2) is 6.07. The quantitative estimate of drug-likeness (QED) is 0.745. The fourth-order valence-corrected chi connectivity index (χ4v) is 3.01. The molecule has 1 fully saturated rings. The Hall–Kier alpha value is -1.54. The Labute approximate surface area is 127 Å². The molecule has 1 aliphatic heterocycles. The lowest BCUT2D eigenvalue weighted by Crippen LogP contribution is -2.56. The summed E-state index contributed by atoms with van der Waals surface area (Å²) >= 11 is 0. The van der Waals surface area contributed by atoms with Crippen LogP contribution in [0.15, 0.2) is 11.6 Å². The smallest absolute Gasteiger partial charge is 0.410 e. The van der Waals surface area contributed by atoms with Gasteiger partial charge in [-0.3, -0.25) is 4.90 Å². The number of hydrogen-bond donors (Lipinski definition) is 0. The lowest BCUT2D eigenvalue weighted by atomic mass is 10.1. The number of allylic oxidation sites excluding steroid dienone is 1. The average molecular weight is 291 g/mol. The maximum absolute atomic E-state index is 12.1. The average Bonchev–Trinajstić information content (AvgIpc) is 2.85. The molecule has 0 spiro atoms. The predicted molar refractivity (Wildman–Crippen MR) is 80.7 cm³/mol. The second-order valence-corrected chi connectivity index (χ2v) is 6.92. The van der Waals surface area contributed by atoms with Crippen molar-refractivity contribution in [3.63, 3.8) is 0 Å². The topological polar surface area (TPSA) is 56.6 Å². The number of piperazine rings is 1. The number of nitrogens with zero attached hydrogens (tertiary/aromatic N) is 3. The molecule has 1 saturated heterocycles. The monoisotopic (exact) mass is 291 g/mol.